The molecule has 2 aliphatic heterocycles. The van der Waals surface area contributed by atoms with Crippen molar-refractivity contribution >= 4 is 11.6 Å². The van der Waals surface area contributed by atoms with Gasteiger partial charge >= 0.3 is 0 Å². The van der Waals surface area contributed by atoms with E-state index in [1.165, 1.54) is 12.8 Å². The van der Waals surface area contributed by atoms with Gasteiger partial charge < -0.3 is 9.84 Å². The van der Waals surface area contributed by atoms with Crippen LogP contribution in [0.2, 0.25) is 5.02 Å². The Morgan fingerprint density at radius 3 is 2.82 bits per heavy atom. The van der Waals surface area contributed by atoms with Crippen molar-refractivity contribution in [3.8, 4) is 5.75 Å². The SMILES string of the molecule is OC1c2cccc(Cl)c2OCC1N1CCCC1. The Labute approximate surface area is 106 Å². The summed E-state index contributed by atoms with van der Waals surface area (Å²) in [5.41, 5.74) is 0.820. The molecule has 0 aromatic heterocycles. The van der Waals surface area contributed by atoms with E-state index in [0.717, 1.165) is 18.7 Å². The van der Waals surface area contributed by atoms with Crippen LogP contribution in [0.1, 0.15) is 24.5 Å². The van der Waals surface area contributed by atoms with Gasteiger partial charge in [0.15, 0.2) is 0 Å². The summed E-state index contributed by atoms with van der Waals surface area (Å²) in [4.78, 5) is 2.31. The van der Waals surface area contributed by atoms with Crippen molar-refractivity contribution in [1.82, 2.24) is 4.90 Å². The maximum absolute atomic E-state index is 10.4. The summed E-state index contributed by atoms with van der Waals surface area (Å²) >= 11 is 6.07. The van der Waals surface area contributed by atoms with Gasteiger partial charge in [-0.05, 0) is 32.0 Å². The van der Waals surface area contributed by atoms with Crippen LogP contribution in [0.3, 0.4) is 0 Å². The monoisotopic (exact) mass is 253 g/mol. The number of rotatable bonds is 1. The Kier molecular flexibility index (Phi) is 2.99. The summed E-state index contributed by atoms with van der Waals surface area (Å²) in [7, 11) is 0. The number of fused-ring (bicyclic) bond motifs is 1. The van der Waals surface area contributed by atoms with Crippen molar-refractivity contribution in [2.24, 2.45) is 0 Å². The highest BCUT2D eigenvalue weighted by Gasteiger charge is 2.35. The van der Waals surface area contributed by atoms with Gasteiger partial charge in [0.25, 0.3) is 0 Å². The molecular weight excluding hydrogens is 238 g/mol. The summed E-state index contributed by atoms with van der Waals surface area (Å²) in [5, 5.41) is 11.0. The van der Waals surface area contributed by atoms with Crippen molar-refractivity contribution in [2.75, 3.05) is 19.7 Å². The number of halogens is 1. The molecule has 0 amide bonds. The van der Waals surface area contributed by atoms with Crippen molar-refractivity contribution in [3.63, 3.8) is 0 Å². The van der Waals surface area contributed by atoms with Crippen molar-refractivity contribution in [2.45, 2.75) is 25.0 Å². The molecule has 1 saturated heterocycles. The van der Waals surface area contributed by atoms with Gasteiger partial charge in [-0.2, -0.15) is 0 Å². The fourth-order valence-electron chi connectivity index (χ4n) is 2.76. The topological polar surface area (TPSA) is 32.7 Å². The third kappa shape index (κ3) is 1.92. The van der Waals surface area contributed by atoms with E-state index in [1.807, 2.05) is 12.1 Å². The van der Waals surface area contributed by atoms with E-state index < -0.39 is 6.10 Å². The molecule has 2 aliphatic rings. The van der Waals surface area contributed by atoms with Gasteiger partial charge in [-0.1, -0.05) is 23.7 Å². The summed E-state index contributed by atoms with van der Waals surface area (Å²) < 4.78 is 5.72. The van der Waals surface area contributed by atoms with Gasteiger partial charge in [0.2, 0.25) is 0 Å². The number of aliphatic hydroxyl groups excluding tert-OH is 1. The lowest BCUT2D eigenvalue weighted by Gasteiger charge is -2.36. The number of nitrogens with zero attached hydrogens (tertiary/aromatic N) is 1. The van der Waals surface area contributed by atoms with Crippen molar-refractivity contribution in [3.05, 3.63) is 28.8 Å². The van der Waals surface area contributed by atoms with Crippen LogP contribution in [0, 0.1) is 0 Å². The van der Waals surface area contributed by atoms with Gasteiger partial charge in [-0.15, -0.1) is 0 Å². The zero-order valence-corrected chi connectivity index (χ0v) is 10.4. The molecule has 17 heavy (non-hydrogen) atoms. The normalized spacial score (nSPS) is 28.8. The van der Waals surface area contributed by atoms with Gasteiger partial charge in [0.05, 0.1) is 11.1 Å². The Morgan fingerprint density at radius 1 is 1.29 bits per heavy atom. The van der Waals surface area contributed by atoms with E-state index in [1.54, 1.807) is 6.07 Å². The van der Waals surface area contributed by atoms with Crippen LogP contribution < -0.4 is 4.74 Å². The van der Waals surface area contributed by atoms with E-state index in [2.05, 4.69) is 4.90 Å². The lowest BCUT2D eigenvalue weighted by Crippen LogP contribution is -2.44. The van der Waals surface area contributed by atoms with Crippen molar-refractivity contribution < 1.29 is 9.84 Å². The second kappa shape index (κ2) is 4.48. The Hall–Kier alpha value is -0.770. The third-order valence-electron chi connectivity index (χ3n) is 3.69. The highest BCUT2D eigenvalue weighted by Crippen LogP contribution is 2.39. The van der Waals surface area contributed by atoms with E-state index in [0.29, 0.717) is 17.4 Å². The van der Waals surface area contributed by atoms with Gasteiger partial charge in [0.1, 0.15) is 18.5 Å². The minimum Gasteiger partial charge on any atom is -0.490 e. The maximum atomic E-state index is 10.4. The maximum Gasteiger partial charge on any atom is 0.143 e. The molecule has 2 heterocycles. The highest BCUT2D eigenvalue weighted by atomic mass is 35.5. The first kappa shape index (κ1) is 11.3. The summed E-state index contributed by atoms with van der Waals surface area (Å²) in [5.74, 6) is 0.650. The molecule has 1 aromatic carbocycles. The fraction of sp³-hybridized carbons (Fsp3) is 0.538. The molecule has 2 atom stereocenters. The third-order valence-corrected chi connectivity index (χ3v) is 3.99. The second-order valence-corrected chi connectivity index (χ2v) is 5.13. The smallest absolute Gasteiger partial charge is 0.143 e. The van der Waals surface area contributed by atoms with Crippen LogP contribution in [-0.2, 0) is 0 Å². The van der Waals surface area contributed by atoms with E-state index >= 15 is 0 Å². The van der Waals surface area contributed by atoms with Crippen LogP contribution in [0.25, 0.3) is 0 Å². The second-order valence-electron chi connectivity index (χ2n) is 4.72. The van der Waals surface area contributed by atoms with E-state index in [-0.39, 0.29) is 6.04 Å². The van der Waals surface area contributed by atoms with Crippen LogP contribution in [0.4, 0.5) is 0 Å². The molecule has 2 unspecified atom stereocenters. The minimum absolute atomic E-state index is 0.0727. The van der Waals surface area contributed by atoms with E-state index in [9.17, 15) is 5.11 Å². The summed E-state index contributed by atoms with van der Waals surface area (Å²) in [6.45, 7) is 2.64. The number of benzene rings is 1. The first-order chi connectivity index (χ1) is 8.27. The summed E-state index contributed by atoms with van der Waals surface area (Å²) in [6.07, 6.45) is 1.94. The number of ether oxygens (including phenoxy) is 1. The standard InChI is InChI=1S/C13H16ClNO2/c14-10-5-3-4-9-12(16)11(8-17-13(9)10)15-6-1-2-7-15/h3-5,11-12,16H,1-2,6-8H2. The Bertz CT molecular complexity index is 418. The average molecular weight is 254 g/mol. The molecule has 1 N–H and O–H groups in total. The zero-order chi connectivity index (χ0) is 11.8. The molecule has 0 bridgehead atoms. The number of para-hydroxylation sites is 1. The first-order valence-corrected chi connectivity index (χ1v) is 6.48. The molecule has 0 aliphatic carbocycles. The molecule has 3 nitrogen and oxygen atoms in total. The molecule has 0 saturated carbocycles. The highest BCUT2D eigenvalue weighted by molar-refractivity contribution is 6.32. The minimum atomic E-state index is -0.490. The number of aliphatic hydroxyl groups is 1. The molecule has 1 aromatic rings. The molecule has 3 rings (SSSR count). The first-order valence-electron chi connectivity index (χ1n) is 6.10. The molecule has 0 spiro atoms. The van der Waals surface area contributed by atoms with Gasteiger partial charge in [0, 0.05) is 5.56 Å². The van der Waals surface area contributed by atoms with Crippen LogP contribution in [-0.4, -0.2) is 35.7 Å². The van der Waals surface area contributed by atoms with Gasteiger partial charge in [-0.3, -0.25) is 4.90 Å². The van der Waals surface area contributed by atoms with Crippen LogP contribution in [0.5, 0.6) is 5.75 Å². The fourth-order valence-corrected chi connectivity index (χ4v) is 2.99. The summed E-state index contributed by atoms with van der Waals surface area (Å²) in [6, 6.07) is 5.63. The molecular formula is C13H16ClNO2. The number of hydrogen-bond donors (Lipinski definition) is 1. The lowest BCUT2D eigenvalue weighted by atomic mass is 9.98. The molecule has 92 valence electrons. The predicted octanol–water partition coefficient (Wildman–Crippen LogP) is 2.23. The number of likely N-dealkylation sites (tertiary alicyclic amines) is 1. The van der Waals surface area contributed by atoms with Crippen molar-refractivity contribution in [1.29, 1.82) is 0 Å². The quantitative estimate of drug-likeness (QED) is 0.833. The van der Waals surface area contributed by atoms with Crippen LogP contribution in [0.15, 0.2) is 18.2 Å². The Balaban J connectivity index is 1.89. The lowest BCUT2D eigenvalue weighted by molar-refractivity contribution is 0.0141. The molecule has 1 fully saturated rings. The molecule has 4 heteroatoms. The number of hydrogen-bond acceptors (Lipinski definition) is 3. The largest absolute Gasteiger partial charge is 0.490 e. The van der Waals surface area contributed by atoms with E-state index in [4.69, 9.17) is 16.3 Å². The zero-order valence-electron chi connectivity index (χ0n) is 9.60. The Morgan fingerprint density at radius 2 is 2.06 bits per heavy atom. The van der Waals surface area contributed by atoms with Gasteiger partial charge in [-0.25, -0.2) is 0 Å². The predicted molar refractivity (Wildman–Crippen MR) is 66.5 cm³/mol. The molecule has 0 radical (unpaired) electrons. The van der Waals surface area contributed by atoms with Crippen LogP contribution >= 0.6 is 11.6 Å². The average Bonchev–Trinajstić information content (AvgIpc) is 2.84.